The van der Waals surface area contributed by atoms with Crippen LogP contribution in [0.15, 0.2) is 162 Å². The molecule has 0 saturated carbocycles. The minimum atomic E-state index is 0.576. The van der Waals surface area contributed by atoms with Crippen molar-refractivity contribution >= 4 is 75.3 Å². The maximum Gasteiger partial charge on any atom is 0.238 e. The highest BCUT2D eigenvalue weighted by Crippen LogP contribution is 2.44. The van der Waals surface area contributed by atoms with E-state index in [0.29, 0.717) is 17.6 Å². The van der Waals surface area contributed by atoms with E-state index < -0.39 is 0 Å². The minimum absolute atomic E-state index is 0.576. The predicted molar refractivity (Wildman–Crippen MR) is 211 cm³/mol. The molecule has 0 atom stereocenters. The first kappa shape index (κ1) is 28.2. The maximum absolute atomic E-state index is 6.67. The second-order valence-electron chi connectivity index (χ2n) is 12.8. The van der Waals surface area contributed by atoms with E-state index in [-0.39, 0.29) is 0 Å². The summed E-state index contributed by atoms with van der Waals surface area (Å²) in [6.07, 6.45) is 0. The van der Waals surface area contributed by atoms with Crippen LogP contribution in [0.5, 0.6) is 0 Å². The fourth-order valence-corrected chi connectivity index (χ4v) is 8.79. The summed E-state index contributed by atoms with van der Waals surface area (Å²) < 4.78 is 11.4. The average Bonchev–Trinajstić information content (AvgIpc) is 3.87. The third-order valence-electron chi connectivity index (χ3n) is 9.89. The Balaban J connectivity index is 1.12. The zero-order valence-electron chi connectivity index (χ0n) is 27.1. The molecule has 0 N–H and O–H groups in total. The van der Waals surface area contributed by atoms with Gasteiger partial charge in [0.25, 0.3) is 0 Å². The number of thiophene rings is 1. The molecule has 0 radical (unpaired) electrons. The summed E-state index contributed by atoms with van der Waals surface area (Å²) in [5.74, 6) is 1.80. The zero-order chi connectivity index (χ0) is 33.5. The summed E-state index contributed by atoms with van der Waals surface area (Å²) in [6, 6.07) is 54.8. The highest BCUT2D eigenvalue weighted by Gasteiger charge is 2.20. The topological polar surface area (TPSA) is 56.7 Å². The van der Waals surface area contributed by atoms with E-state index >= 15 is 0 Å². The second-order valence-corrected chi connectivity index (χ2v) is 13.8. The second kappa shape index (κ2) is 10.9. The Hall–Kier alpha value is -6.63. The van der Waals surface area contributed by atoms with Crippen molar-refractivity contribution in [3.05, 3.63) is 158 Å². The first-order valence-corrected chi connectivity index (χ1v) is 17.8. The molecule has 6 heteroatoms. The Morgan fingerprint density at radius 1 is 0.451 bits per heavy atom. The van der Waals surface area contributed by atoms with Gasteiger partial charge in [-0.3, -0.25) is 4.57 Å². The molecule has 11 aromatic rings. The van der Waals surface area contributed by atoms with Crippen LogP contribution in [0, 0.1) is 0 Å². The van der Waals surface area contributed by atoms with E-state index in [4.69, 9.17) is 19.4 Å². The van der Waals surface area contributed by atoms with E-state index in [9.17, 15) is 0 Å². The molecule has 0 aliphatic rings. The van der Waals surface area contributed by atoms with Crippen LogP contribution in [0.2, 0.25) is 0 Å². The Morgan fingerprint density at radius 3 is 1.86 bits per heavy atom. The molecule has 4 heterocycles. The SMILES string of the molecule is c1ccc(-c2nc(-c3ccc4oc5c(-c6cccc7c6sc6ccccc67)cccc5c4c3)nc(-n3c4ccccc4c4ccccc43)n2)cc1. The van der Waals surface area contributed by atoms with Crippen molar-refractivity contribution in [2.75, 3.05) is 0 Å². The molecule has 0 amide bonds. The molecule has 0 aliphatic heterocycles. The van der Waals surface area contributed by atoms with Crippen LogP contribution in [0.4, 0.5) is 0 Å². The molecule has 0 bridgehead atoms. The summed E-state index contributed by atoms with van der Waals surface area (Å²) in [7, 11) is 0. The van der Waals surface area contributed by atoms with Crippen molar-refractivity contribution < 1.29 is 4.42 Å². The third-order valence-corrected chi connectivity index (χ3v) is 11.1. The highest BCUT2D eigenvalue weighted by atomic mass is 32.1. The van der Waals surface area contributed by atoms with Crippen LogP contribution in [-0.2, 0) is 0 Å². The van der Waals surface area contributed by atoms with E-state index in [0.717, 1.165) is 60.4 Å². The van der Waals surface area contributed by atoms with Crippen LogP contribution in [0.3, 0.4) is 0 Å². The summed E-state index contributed by atoms with van der Waals surface area (Å²) in [5, 5.41) is 6.95. The van der Waals surface area contributed by atoms with E-state index in [1.165, 1.54) is 25.7 Å². The van der Waals surface area contributed by atoms with Crippen molar-refractivity contribution in [2.45, 2.75) is 0 Å². The van der Waals surface area contributed by atoms with E-state index in [1.807, 2.05) is 47.7 Å². The molecule has 0 unspecified atom stereocenters. The lowest BCUT2D eigenvalue weighted by Crippen LogP contribution is -2.06. The number of para-hydroxylation sites is 3. The van der Waals surface area contributed by atoms with Crippen molar-refractivity contribution in [1.29, 1.82) is 0 Å². The predicted octanol–water partition coefficient (Wildman–Crippen LogP) is 12.2. The van der Waals surface area contributed by atoms with Gasteiger partial charge in [-0.15, -0.1) is 11.3 Å². The van der Waals surface area contributed by atoms with Crippen molar-refractivity contribution in [3.8, 4) is 39.9 Å². The molecule has 5 nitrogen and oxygen atoms in total. The standard InChI is InChI=1S/C45H26N4OS/c1-2-12-27(13-3-1)43-46-44(48-45(47-43)49-37-21-7-4-14-29(37)30-15-5-8-22-38(30)49)28-24-25-39-36(26-28)33-18-10-17-32(41(33)50-39)35-20-11-19-34-31-16-6-9-23-40(31)51-42(34)35/h1-26H. The van der Waals surface area contributed by atoms with Gasteiger partial charge < -0.3 is 4.42 Å². The normalized spacial score (nSPS) is 11.9. The lowest BCUT2D eigenvalue weighted by Gasteiger charge is -2.11. The van der Waals surface area contributed by atoms with Crippen LogP contribution in [0.1, 0.15) is 0 Å². The molecule has 11 rings (SSSR count). The quantitative estimate of drug-likeness (QED) is 0.187. The Morgan fingerprint density at radius 2 is 1.08 bits per heavy atom. The first-order chi connectivity index (χ1) is 25.3. The number of nitrogens with zero attached hydrogens (tertiary/aromatic N) is 4. The van der Waals surface area contributed by atoms with Gasteiger partial charge in [-0.05, 0) is 36.4 Å². The lowest BCUT2D eigenvalue weighted by atomic mass is 10.00. The molecule has 7 aromatic carbocycles. The number of hydrogen-bond donors (Lipinski definition) is 0. The molecule has 0 aliphatic carbocycles. The zero-order valence-corrected chi connectivity index (χ0v) is 27.9. The summed E-state index contributed by atoms with van der Waals surface area (Å²) in [6.45, 7) is 0. The molecule has 0 spiro atoms. The van der Waals surface area contributed by atoms with Gasteiger partial charge in [0.05, 0.1) is 11.0 Å². The summed E-state index contributed by atoms with van der Waals surface area (Å²) >= 11 is 1.83. The van der Waals surface area contributed by atoms with Crippen molar-refractivity contribution in [1.82, 2.24) is 19.5 Å². The van der Waals surface area contributed by atoms with Gasteiger partial charge in [0.2, 0.25) is 5.95 Å². The van der Waals surface area contributed by atoms with Gasteiger partial charge in [-0.2, -0.15) is 9.97 Å². The van der Waals surface area contributed by atoms with Crippen LogP contribution < -0.4 is 0 Å². The van der Waals surface area contributed by atoms with Gasteiger partial charge >= 0.3 is 0 Å². The average molecular weight is 671 g/mol. The fraction of sp³-hybridized carbons (Fsp3) is 0. The maximum atomic E-state index is 6.67. The monoisotopic (exact) mass is 670 g/mol. The van der Waals surface area contributed by atoms with E-state index in [1.54, 1.807) is 0 Å². The summed E-state index contributed by atoms with van der Waals surface area (Å²) in [5.41, 5.74) is 7.88. The number of hydrogen-bond acceptors (Lipinski definition) is 5. The number of aromatic nitrogens is 4. The molecule has 0 saturated heterocycles. The molecule has 51 heavy (non-hydrogen) atoms. The molecule has 0 fully saturated rings. The van der Waals surface area contributed by atoms with Crippen LogP contribution in [-0.4, -0.2) is 19.5 Å². The highest BCUT2D eigenvalue weighted by molar-refractivity contribution is 7.26. The van der Waals surface area contributed by atoms with Crippen molar-refractivity contribution in [2.24, 2.45) is 0 Å². The lowest BCUT2D eigenvalue weighted by molar-refractivity contribution is 0.670. The molecular weight excluding hydrogens is 645 g/mol. The largest absolute Gasteiger partial charge is 0.455 e. The van der Waals surface area contributed by atoms with Crippen LogP contribution >= 0.6 is 11.3 Å². The van der Waals surface area contributed by atoms with E-state index in [2.05, 4.69) is 126 Å². The number of furan rings is 1. The van der Waals surface area contributed by atoms with Gasteiger partial charge in [0.15, 0.2) is 11.6 Å². The molecule has 238 valence electrons. The number of fused-ring (bicyclic) bond motifs is 9. The smallest absolute Gasteiger partial charge is 0.238 e. The number of benzene rings is 7. The molecule has 4 aromatic heterocycles. The Bertz CT molecular complexity index is 3100. The van der Waals surface area contributed by atoms with Gasteiger partial charge in [0.1, 0.15) is 11.2 Å². The van der Waals surface area contributed by atoms with Crippen LogP contribution in [0.25, 0.3) is 104 Å². The number of rotatable bonds is 4. The Labute approximate surface area is 295 Å². The van der Waals surface area contributed by atoms with Gasteiger partial charge in [-0.1, -0.05) is 121 Å². The van der Waals surface area contributed by atoms with Crippen molar-refractivity contribution in [3.63, 3.8) is 0 Å². The third kappa shape index (κ3) is 4.30. The molecular formula is C45H26N4OS. The first-order valence-electron chi connectivity index (χ1n) is 16.9. The summed E-state index contributed by atoms with van der Waals surface area (Å²) in [4.78, 5) is 15.3. The fourth-order valence-electron chi connectivity index (χ4n) is 7.56. The van der Waals surface area contributed by atoms with Gasteiger partial charge in [-0.25, -0.2) is 4.98 Å². The Kier molecular flexibility index (Phi) is 6.05. The minimum Gasteiger partial charge on any atom is -0.455 e. The van der Waals surface area contributed by atoms with Gasteiger partial charge in [0, 0.05) is 64.0 Å².